The number of carbonyl (C=O) groups is 3. The van der Waals surface area contributed by atoms with Crippen LogP contribution in [0.25, 0.3) is 0 Å². The van der Waals surface area contributed by atoms with Gasteiger partial charge in [-0.25, -0.2) is 14.4 Å². The third kappa shape index (κ3) is 8.13. The summed E-state index contributed by atoms with van der Waals surface area (Å²) in [4.78, 5) is 43.2. The van der Waals surface area contributed by atoms with E-state index in [0.29, 0.717) is 75.6 Å². The van der Waals surface area contributed by atoms with Gasteiger partial charge in [0, 0.05) is 75.6 Å². The molecule has 12 nitrogen and oxygen atoms in total. The highest BCUT2D eigenvalue weighted by atomic mass is 16.5. The van der Waals surface area contributed by atoms with E-state index in [9.17, 15) is 29.7 Å². The average Bonchev–Trinajstić information content (AvgIpc) is 3.14. The first-order chi connectivity index (χ1) is 22.1. The number of methoxy groups -OCH3 is 3. The first-order valence-corrected chi connectivity index (χ1v) is 14.9. The van der Waals surface area contributed by atoms with Crippen LogP contribution in [0.2, 0.25) is 0 Å². The summed E-state index contributed by atoms with van der Waals surface area (Å²) >= 11 is 0. The Morgan fingerprint density at radius 2 is 0.913 bits per heavy atom. The highest BCUT2D eigenvalue weighted by Crippen LogP contribution is 2.29. The van der Waals surface area contributed by atoms with Crippen molar-refractivity contribution in [3.63, 3.8) is 0 Å². The van der Waals surface area contributed by atoms with Crippen LogP contribution in [-0.2, 0) is 33.8 Å². The minimum atomic E-state index is -0.626. The SMILES string of the molecule is COC(=O)c1cccc(CN2CCN(Cc3cccc(C(=O)OC)c3O)CCN(Cc3cc(C)cc(C(=O)OC)c3O)CC2)c1O. The van der Waals surface area contributed by atoms with E-state index in [2.05, 4.69) is 14.7 Å². The Morgan fingerprint density at radius 3 is 1.30 bits per heavy atom. The van der Waals surface area contributed by atoms with Crippen molar-refractivity contribution >= 4 is 17.9 Å². The van der Waals surface area contributed by atoms with Gasteiger partial charge in [-0.2, -0.15) is 0 Å². The van der Waals surface area contributed by atoms with Gasteiger partial charge in [-0.1, -0.05) is 30.3 Å². The minimum absolute atomic E-state index is 0.0878. The number of aryl methyl sites for hydroxylation is 1. The fourth-order valence-corrected chi connectivity index (χ4v) is 5.61. The van der Waals surface area contributed by atoms with E-state index in [-0.39, 0.29) is 33.9 Å². The molecule has 1 aliphatic rings. The molecule has 1 heterocycles. The fourth-order valence-electron chi connectivity index (χ4n) is 5.61. The number of hydrogen-bond acceptors (Lipinski definition) is 12. The third-order valence-corrected chi connectivity index (χ3v) is 8.17. The number of benzene rings is 3. The normalized spacial score (nSPS) is 15.0. The zero-order chi connectivity index (χ0) is 33.4. The summed E-state index contributed by atoms with van der Waals surface area (Å²) in [6.07, 6.45) is 0. The first kappa shape index (κ1) is 34.2. The van der Waals surface area contributed by atoms with Crippen molar-refractivity contribution in [3.8, 4) is 17.2 Å². The second-order valence-electron chi connectivity index (χ2n) is 11.3. The lowest BCUT2D eigenvalue weighted by atomic mass is 10.0. The molecule has 0 aromatic heterocycles. The highest BCUT2D eigenvalue weighted by molar-refractivity contribution is 5.94. The standard InChI is InChI=1S/C34H41N3O9/c1-22-17-25(31(40)28(18-22)34(43)46-4)21-37-15-13-35(19-23-7-5-9-26(29(23)38)32(41)44-2)11-12-36(14-16-37)20-24-8-6-10-27(30(24)39)33(42)45-3/h5-10,17-18,38-40H,11-16,19-21H2,1-4H3. The summed E-state index contributed by atoms with van der Waals surface area (Å²) in [7, 11) is 3.79. The smallest absolute Gasteiger partial charge is 0.341 e. The lowest BCUT2D eigenvalue weighted by molar-refractivity contribution is 0.0587. The van der Waals surface area contributed by atoms with E-state index in [1.807, 2.05) is 13.0 Å². The van der Waals surface area contributed by atoms with Crippen molar-refractivity contribution in [3.05, 3.63) is 87.5 Å². The molecular formula is C34H41N3O9. The third-order valence-electron chi connectivity index (χ3n) is 8.17. The molecule has 0 amide bonds. The zero-order valence-electron chi connectivity index (χ0n) is 26.6. The van der Waals surface area contributed by atoms with Gasteiger partial charge in [0.05, 0.1) is 21.3 Å². The van der Waals surface area contributed by atoms with Crippen molar-refractivity contribution in [1.82, 2.24) is 14.7 Å². The monoisotopic (exact) mass is 635 g/mol. The molecule has 0 saturated carbocycles. The van der Waals surface area contributed by atoms with Crippen LogP contribution >= 0.6 is 0 Å². The molecular weight excluding hydrogens is 594 g/mol. The molecule has 46 heavy (non-hydrogen) atoms. The number of hydrogen-bond donors (Lipinski definition) is 3. The number of esters is 3. The van der Waals surface area contributed by atoms with Crippen molar-refractivity contribution in [2.45, 2.75) is 26.6 Å². The Kier molecular flexibility index (Phi) is 11.6. The van der Waals surface area contributed by atoms with Crippen LogP contribution in [0.4, 0.5) is 0 Å². The van der Waals surface area contributed by atoms with E-state index in [1.165, 1.54) is 33.5 Å². The Bertz CT molecular complexity index is 1500. The molecule has 0 radical (unpaired) electrons. The molecule has 246 valence electrons. The number of carbonyl (C=O) groups excluding carboxylic acids is 3. The zero-order valence-corrected chi connectivity index (χ0v) is 26.6. The van der Waals surface area contributed by atoms with Gasteiger partial charge in [0.1, 0.15) is 33.9 Å². The second kappa shape index (κ2) is 15.6. The quantitative estimate of drug-likeness (QED) is 0.234. The first-order valence-electron chi connectivity index (χ1n) is 14.9. The van der Waals surface area contributed by atoms with Gasteiger partial charge in [-0.15, -0.1) is 0 Å². The largest absolute Gasteiger partial charge is 0.507 e. The Labute approximate surface area is 268 Å². The number of phenolic OH excluding ortho intramolecular Hbond substituents is 3. The van der Waals surface area contributed by atoms with Gasteiger partial charge in [0.2, 0.25) is 0 Å². The average molecular weight is 636 g/mol. The van der Waals surface area contributed by atoms with Crippen molar-refractivity contribution in [1.29, 1.82) is 0 Å². The van der Waals surface area contributed by atoms with E-state index in [0.717, 1.165) is 5.56 Å². The minimum Gasteiger partial charge on any atom is -0.507 e. The summed E-state index contributed by atoms with van der Waals surface area (Å²) in [6, 6.07) is 13.4. The van der Waals surface area contributed by atoms with Crippen LogP contribution < -0.4 is 0 Å². The molecule has 3 aromatic carbocycles. The van der Waals surface area contributed by atoms with Crippen LogP contribution in [0.1, 0.15) is 53.3 Å². The van der Waals surface area contributed by atoms with Crippen LogP contribution in [-0.4, -0.2) is 109 Å². The molecule has 1 fully saturated rings. The number of aromatic hydroxyl groups is 3. The summed E-state index contributed by atoms with van der Waals surface area (Å²) < 4.78 is 14.5. The topological polar surface area (TPSA) is 149 Å². The Hall–Kier alpha value is -4.65. The maximum Gasteiger partial charge on any atom is 0.341 e. The molecule has 3 N–H and O–H groups in total. The predicted molar refractivity (Wildman–Crippen MR) is 169 cm³/mol. The predicted octanol–water partition coefficient (Wildman–Crippen LogP) is 3.29. The number of para-hydroxylation sites is 2. The van der Waals surface area contributed by atoms with Crippen molar-refractivity contribution in [2.75, 3.05) is 60.6 Å². The van der Waals surface area contributed by atoms with Gasteiger partial charge < -0.3 is 29.5 Å². The van der Waals surface area contributed by atoms with E-state index >= 15 is 0 Å². The van der Waals surface area contributed by atoms with Crippen LogP contribution in [0.5, 0.6) is 17.2 Å². The number of rotatable bonds is 9. The molecule has 0 atom stereocenters. The highest BCUT2D eigenvalue weighted by Gasteiger charge is 2.24. The van der Waals surface area contributed by atoms with Crippen LogP contribution in [0.15, 0.2) is 48.5 Å². The lowest BCUT2D eigenvalue weighted by Gasteiger charge is -2.26. The molecule has 12 heteroatoms. The van der Waals surface area contributed by atoms with Crippen molar-refractivity contribution < 1.29 is 43.9 Å². The Balaban J connectivity index is 1.63. The summed E-state index contributed by atoms with van der Waals surface area (Å²) in [6.45, 7) is 6.46. The summed E-state index contributed by atoms with van der Waals surface area (Å²) in [5, 5.41) is 32.8. The van der Waals surface area contributed by atoms with Crippen LogP contribution in [0.3, 0.4) is 0 Å². The summed E-state index contributed by atoms with van der Waals surface area (Å²) in [5.41, 5.74) is 2.82. The maximum absolute atomic E-state index is 12.3. The molecule has 0 spiro atoms. The molecule has 3 aromatic rings. The van der Waals surface area contributed by atoms with Gasteiger partial charge in [-0.05, 0) is 30.7 Å². The second-order valence-corrected chi connectivity index (χ2v) is 11.3. The van der Waals surface area contributed by atoms with Crippen LogP contribution in [0, 0.1) is 6.92 Å². The molecule has 0 aliphatic carbocycles. The lowest BCUT2D eigenvalue weighted by Crippen LogP contribution is -2.35. The van der Waals surface area contributed by atoms with Gasteiger partial charge in [-0.3, -0.25) is 14.7 Å². The molecule has 1 aliphatic heterocycles. The van der Waals surface area contributed by atoms with E-state index in [1.54, 1.807) is 30.3 Å². The number of ether oxygens (including phenoxy) is 3. The molecule has 4 rings (SSSR count). The Morgan fingerprint density at radius 1 is 0.565 bits per heavy atom. The summed E-state index contributed by atoms with van der Waals surface area (Å²) in [5.74, 6) is -2.26. The number of phenols is 3. The van der Waals surface area contributed by atoms with Crippen molar-refractivity contribution in [2.24, 2.45) is 0 Å². The molecule has 1 saturated heterocycles. The van der Waals surface area contributed by atoms with Gasteiger partial charge >= 0.3 is 17.9 Å². The van der Waals surface area contributed by atoms with E-state index in [4.69, 9.17) is 14.2 Å². The maximum atomic E-state index is 12.3. The van der Waals surface area contributed by atoms with Gasteiger partial charge in [0.15, 0.2) is 0 Å². The number of nitrogens with zero attached hydrogens (tertiary/aromatic N) is 3. The van der Waals surface area contributed by atoms with E-state index < -0.39 is 17.9 Å². The molecule has 0 bridgehead atoms. The van der Waals surface area contributed by atoms with Gasteiger partial charge in [0.25, 0.3) is 0 Å². The fraction of sp³-hybridized carbons (Fsp3) is 0.382. The molecule has 0 unspecified atom stereocenters.